The number of hydrogen-bond donors (Lipinski definition) is 1. The number of nitrogens with zero attached hydrogens (tertiary/aromatic N) is 3. The lowest BCUT2D eigenvalue weighted by Crippen LogP contribution is -2.00. The minimum Gasteiger partial charge on any atom is -0.495 e. The van der Waals surface area contributed by atoms with Crippen molar-refractivity contribution in [3.63, 3.8) is 0 Å². The first-order valence-electron chi connectivity index (χ1n) is 5.40. The minimum absolute atomic E-state index is 0.708. The molecule has 88 valence electrons. The Morgan fingerprint density at radius 3 is 2.76 bits per heavy atom. The summed E-state index contributed by atoms with van der Waals surface area (Å²) < 4.78 is 5.12. The van der Waals surface area contributed by atoms with Gasteiger partial charge in [0, 0.05) is 18.3 Å². The Hall–Kier alpha value is -2.17. The molecule has 0 aromatic carbocycles. The smallest absolute Gasteiger partial charge is 0.148 e. The van der Waals surface area contributed by atoms with E-state index in [9.17, 15) is 0 Å². The summed E-state index contributed by atoms with van der Waals surface area (Å²) in [5.74, 6) is 1.48. The first-order valence-corrected chi connectivity index (χ1v) is 5.40. The third kappa shape index (κ3) is 2.69. The maximum Gasteiger partial charge on any atom is 0.148 e. The highest BCUT2D eigenvalue weighted by molar-refractivity contribution is 5.60. The monoisotopic (exact) mass is 230 g/mol. The lowest BCUT2D eigenvalue weighted by molar-refractivity contribution is 0.413. The predicted molar refractivity (Wildman–Crippen MR) is 66.0 cm³/mol. The van der Waals surface area contributed by atoms with Gasteiger partial charge in [0.1, 0.15) is 11.6 Å². The second-order valence-electron chi connectivity index (χ2n) is 3.45. The van der Waals surface area contributed by atoms with E-state index in [1.807, 2.05) is 25.1 Å². The average molecular weight is 230 g/mol. The molecule has 2 heterocycles. The van der Waals surface area contributed by atoms with E-state index in [4.69, 9.17) is 4.74 Å². The van der Waals surface area contributed by atoms with Crippen molar-refractivity contribution >= 4 is 5.82 Å². The Bertz CT molecular complexity index is 484. The van der Waals surface area contributed by atoms with Crippen molar-refractivity contribution in [1.82, 2.24) is 15.2 Å². The van der Waals surface area contributed by atoms with Gasteiger partial charge in [-0.15, -0.1) is 10.2 Å². The molecule has 2 aromatic heterocycles. The van der Waals surface area contributed by atoms with Gasteiger partial charge < -0.3 is 10.1 Å². The number of anilines is 1. The van der Waals surface area contributed by atoms with Gasteiger partial charge in [-0.2, -0.15) is 0 Å². The lowest BCUT2D eigenvalue weighted by Gasteiger charge is -2.04. The maximum absolute atomic E-state index is 5.12. The number of nitrogens with one attached hydrogen (secondary N) is 1. The number of aromatic nitrogens is 3. The number of hydrogen-bond acceptors (Lipinski definition) is 5. The van der Waals surface area contributed by atoms with E-state index in [0.29, 0.717) is 5.75 Å². The molecule has 0 saturated carbocycles. The maximum atomic E-state index is 5.12. The van der Waals surface area contributed by atoms with E-state index in [-0.39, 0.29) is 0 Å². The van der Waals surface area contributed by atoms with E-state index in [1.165, 1.54) is 0 Å². The van der Waals surface area contributed by atoms with Gasteiger partial charge >= 0.3 is 0 Å². The molecule has 0 aliphatic heterocycles. The first-order chi connectivity index (χ1) is 8.33. The van der Waals surface area contributed by atoms with Crippen LogP contribution in [0.1, 0.15) is 6.92 Å². The summed E-state index contributed by atoms with van der Waals surface area (Å²) in [6.07, 6.45) is 3.39. The topological polar surface area (TPSA) is 59.9 Å². The minimum atomic E-state index is 0.708. The van der Waals surface area contributed by atoms with Gasteiger partial charge in [0.2, 0.25) is 0 Å². The molecule has 2 aromatic rings. The van der Waals surface area contributed by atoms with E-state index in [1.54, 1.807) is 19.5 Å². The molecule has 0 aliphatic carbocycles. The van der Waals surface area contributed by atoms with Crippen LogP contribution in [-0.4, -0.2) is 28.8 Å². The van der Waals surface area contributed by atoms with Crippen molar-refractivity contribution < 1.29 is 4.74 Å². The Morgan fingerprint density at radius 2 is 2.12 bits per heavy atom. The van der Waals surface area contributed by atoms with Crippen LogP contribution in [0.4, 0.5) is 5.82 Å². The van der Waals surface area contributed by atoms with E-state index in [0.717, 1.165) is 23.6 Å². The average Bonchev–Trinajstić information content (AvgIpc) is 2.40. The molecule has 17 heavy (non-hydrogen) atoms. The summed E-state index contributed by atoms with van der Waals surface area (Å²) in [7, 11) is 1.61. The number of methoxy groups -OCH3 is 1. The lowest BCUT2D eigenvalue weighted by atomic mass is 10.2. The van der Waals surface area contributed by atoms with Crippen LogP contribution in [0.5, 0.6) is 5.75 Å². The van der Waals surface area contributed by atoms with Crippen molar-refractivity contribution in [3.05, 3.63) is 30.6 Å². The van der Waals surface area contributed by atoms with Crippen LogP contribution >= 0.6 is 0 Å². The SMILES string of the molecule is CCNc1ccc(-c2cncc(OC)c2)nn1. The number of rotatable bonds is 4. The van der Waals surface area contributed by atoms with Gasteiger partial charge in [0.15, 0.2) is 0 Å². The van der Waals surface area contributed by atoms with Gasteiger partial charge in [-0.25, -0.2) is 0 Å². The van der Waals surface area contributed by atoms with E-state index >= 15 is 0 Å². The molecule has 5 heteroatoms. The van der Waals surface area contributed by atoms with Crippen LogP contribution in [0, 0.1) is 0 Å². The highest BCUT2D eigenvalue weighted by Crippen LogP contribution is 2.20. The molecule has 0 amide bonds. The molecule has 0 spiro atoms. The van der Waals surface area contributed by atoms with Crippen LogP contribution in [0.15, 0.2) is 30.6 Å². The first kappa shape index (κ1) is 11.3. The highest BCUT2D eigenvalue weighted by atomic mass is 16.5. The Morgan fingerprint density at radius 1 is 1.24 bits per heavy atom. The third-order valence-corrected chi connectivity index (χ3v) is 2.27. The summed E-state index contributed by atoms with van der Waals surface area (Å²) in [6.45, 7) is 2.84. The van der Waals surface area contributed by atoms with Crippen molar-refractivity contribution in [2.24, 2.45) is 0 Å². The predicted octanol–water partition coefficient (Wildman–Crippen LogP) is 1.98. The molecular formula is C12H14N4O. The summed E-state index contributed by atoms with van der Waals surface area (Å²) in [6, 6.07) is 5.68. The second-order valence-corrected chi connectivity index (χ2v) is 3.45. The van der Waals surface area contributed by atoms with E-state index in [2.05, 4.69) is 20.5 Å². The van der Waals surface area contributed by atoms with Crippen molar-refractivity contribution in [1.29, 1.82) is 0 Å². The molecule has 1 N–H and O–H groups in total. The highest BCUT2D eigenvalue weighted by Gasteiger charge is 2.02. The third-order valence-electron chi connectivity index (χ3n) is 2.27. The molecule has 0 bridgehead atoms. The van der Waals surface area contributed by atoms with Crippen molar-refractivity contribution in [2.75, 3.05) is 19.0 Å². The van der Waals surface area contributed by atoms with Crippen LogP contribution in [0.2, 0.25) is 0 Å². The van der Waals surface area contributed by atoms with Crippen molar-refractivity contribution in [2.45, 2.75) is 6.92 Å². The summed E-state index contributed by atoms with van der Waals surface area (Å²) >= 11 is 0. The zero-order valence-corrected chi connectivity index (χ0v) is 9.84. The molecule has 0 aliphatic rings. The second kappa shape index (κ2) is 5.25. The molecule has 0 fully saturated rings. The standard InChI is InChI=1S/C12H14N4O/c1-3-14-12-5-4-11(15-16-12)9-6-10(17-2)8-13-7-9/h4-8H,3H2,1-2H3,(H,14,16). The van der Waals surface area contributed by atoms with Gasteiger partial charge in [0.05, 0.1) is 19.0 Å². The largest absolute Gasteiger partial charge is 0.495 e. The summed E-state index contributed by atoms with van der Waals surface area (Å²) in [4.78, 5) is 4.08. The summed E-state index contributed by atoms with van der Waals surface area (Å²) in [5.41, 5.74) is 1.66. The molecule has 0 unspecified atom stereocenters. The molecule has 2 rings (SSSR count). The zero-order valence-electron chi connectivity index (χ0n) is 9.84. The molecule has 0 atom stereocenters. The Labute approximate surface area is 99.9 Å². The Balaban J connectivity index is 2.26. The van der Waals surface area contributed by atoms with Crippen LogP contribution in [0.25, 0.3) is 11.3 Å². The van der Waals surface area contributed by atoms with Crippen LogP contribution in [0.3, 0.4) is 0 Å². The fourth-order valence-corrected chi connectivity index (χ4v) is 1.43. The molecular weight excluding hydrogens is 216 g/mol. The summed E-state index contributed by atoms with van der Waals surface area (Å²) in [5, 5.41) is 11.3. The normalized spacial score (nSPS) is 10.0. The Kier molecular flexibility index (Phi) is 3.49. The fraction of sp³-hybridized carbons (Fsp3) is 0.250. The fourth-order valence-electron chi connectivity index (χ4n) is 1.43. The van der Waals surface area contributed by atoms with Crippen molar-refractivity contribution in [3.8, 4) is 17.0 Å². The zero-order chi connectivity index (χ0) is 12.1. The molecule has 0 radical (unpaired) electrons. The molecule has 0 saturated heterocycles. The van der Waals surface area contributed by atoms with Gasteiger partial charge in [-0.3, -0.25) is 4.98 Å². The van der Waals surface area contributed by atoms with Crippen LogP contribution < -0.4 is 10.1 Å². The van der Waals surface area contributed by atoms with Gasteiger partial charge in [-0.1, -0.05) is 0 Å². The number of ether oxygens (including phenoxy) is 1. The van der Waals surface area contributed by atoms with E-state index < -0.39 is 0 Å². The molecule has 5 nitrogen and oxygen atoms in total. The quantitative estimate of drug-likeness (QED) is 0.870. The number of pyridine rings is 1. The van der Waals surface area contributed by atoms with Crippen LogP contribution in [-0.2, 0) is 0 Å². The van der Waals surface area contributed by atoms with Gasteiger partial charge in [-0.05, 0) is 25.1 Å². The van der Waals surface area contributed by atoms with Gasteiger partial charge in [0.25, 0.3) is 0 Å².